The molecule has 0 aromatic carbocycles. The third-order valence-electron chi connectivity index (χ3n) is 1.64. The number of esters is 1. The first-order valence-corrected chi connectivity index (χ1v) is 3.83. The van der Waals surface area contributed by atoms with Crippen LogP contribution in [0, 0.1) is 5.92 Å². The van der Waals surface area contributed by atoms with E-state index in [0.717, 1.165) is 0 Å². The molecule has 4 nitrogen and oxygen atoms in total. The molecule has 0 spiro atoms. The molecule has 0 aliphatic heterocycles. The van der Waals surface area contributed by atoms with Gasteiger partial charge in [0.25, 0.3) is 0 Å². The highest BCUT2D eigenvalue weighted by molar-refractivity contribution is 6.00. The Morgan fingerprint density at radius 2 is 2.25 bits per heavy atom. The van der Waals surface area contributed by atoms with Gasteiger partial charge in [-0.2, -0.15) is 0 Å². The predicted molar refractivity (Wildman–Crippen MR) is 46.2 cm³/mol. The lowest BCUT2D eigenvalue weighted by Crippen LogP contribution is -2.20. The Bertz CT molecular complexity index is 177. The number of methoxy groups -OCH3 is 1. The maximum Gasteiger partial charge on any atom is 0.314 e. The fourth-order valence-corrected chi connectivity index (χ4v) is 0.711. The number of rotatable bonds is 4. The smallest absolute Gasteiger partial charge is 0.314 e. The van der Waals surface area contributed by atoms with E-state index in [4.69, 9.17) is 5.11 Å². The first kappa shape index (κ1) is 11.1. The molecule has 0 heterocycles. The zero-order valence-electron chi connectivity index (χ0n) is 7.70. The first-order valence-electron chi connectivity index (χ1n) is 3.83. The van der Waals surface area contributed by atoms with Crippen molar-refractivity contribution in [1.29, 1.82) is 0 Å². The maximum atomic E-state index is 11.0. The zero-order chi connectivity index (χ0) is 9.56. The van der Waals surface area contributed by atoms with E-state index in [2.05, 4.69) is 9.73 Å². The largest absolute Gasteiger partial charge is 0.469 e. The number of aliphatic hydroxyl groups excluding tert-OH is 1. The van der Waals surface area contributed by atoms with Crippen molar-refractivity contribution in [2.75, 3.05) is 20.3 Å². The van der Waals surface area contributed by atoms with Gasteiger partial charge in [-0.1, -0.05) is 0 Å². The quantitative estimate of drug-likeness (QED) is 0.489. The van der Waals surface area contributed by atoms with Crippen molar-refractivity contribution in [3.8, 4) is 0 Å². The van der Waals surface area contributed by atoms with Crippen molar-refractivity contribution in [2.45, 2.75) is 13.8 Å². The Morgan fingerprint density at radius 3 is 2.67 bits per heavy atom. The first-order chi connectivity index (χ1) is 5.63. The van der Waals surface area contributed by atoms with Crippen LogP contribution in [0.15, 0.2) is 4.99 Å². The van der Waals surface area contributed by atoms with Gasteiger partial charge in [-0.05, 0) is 13.8 Å². The number of aliphatic imine (C=N–C) groups is 1. The second-order valence-corrected chi connectivity index (χ2v) is 2.49. The summed E-state index contributed by atoms with van der Waals surface area (Å²) in [6.07, 6.45) is 0. The maximum absolute atomic E-state index is 11.0. The molecular weight excluding hydrogens is 158 g/mol. The monoisotopic (exact) mass is 173 g/mol. The highest BCUT2D eigenvalue weighted by Crippen LogP contribution is 2.00. The number of carbonyl (C=O) groups is 1. The van der Waals surface area contributed by atoms with Crippen LogP contribution in [0.2, 0.25) is 0 Å². The summed E-state index contributed by atoms with van der Waals surface area (Å²) < 4.78 is 4.53. The van der Waals surface area contributed by atoms with E-state index in [1.807, 2.05) is 0 Å². The van der Waals surface area contributed by atoms with E-state index in [9.17, 15) is 4.79 Å². The van der Waals surface area contributed by atoms with Crippen LogP contribution in [0.4, 0.5) is 0 Å². The van der Waals surface area contributed by atoms with Crippen LogP contribution in [0.1, 0.15) is 13.8 Å². The second-order valence-electron chi connectivity index (χ2n) is 2.49. The molecule has 70 valence electrons. The molecular formula is C8H15NO3. The minimum Gasteiger partial charge on any atom is -0.469 e. The van der Waals surface area contributed by atoms with Gasteiger partial charge in [0.1, 0.15) is 0 Å². The summed E-state index contributed by atoms with van der Waals surface area (Å²) in [5, 5.41) is 8.47. The lowest BCUT2D eigenvalue weighted by molar-refractivity contribution is -0.142. The topological polar surface area (TPSA) is 58.9 Å². The van der Waals surface area contributed by atoms with Crippen LogP contribution in [0.25, 0.3) is 0 Å². The Balaban J connectivity index is 4.08. The van der Waals surface area contributed by atoms with Crippen LogP contribution in [-0.4, -0.2) is 37.0 Å². The van der Waals surface area contributed by atoms with Crippen LogP contribution in [-0.2, 0) is 9.53 Å². The number of aliphatic hydroxyl groups is 1. The molecule has 0 rings (SSSR count). The molecule has 0 saturated carbocycles. The summed E-state index contributed by atoms with van der Waals surface area (Å²) in [6, 6.07) is 0. The number of hydrogen-bond acceptors (Lipinski definition) is 4. The van der Waals surface area contributed by atoms with Crippen molar-refractivity contribution in [3.05, 3.63) is 0 Å². The predicted octanol–water partition coefficient (Wildman–Crippen LogP) is 0.249. The standard InChI is InChI=1S/C8H15NO3/c1-6(8(11)12-3)7(2)9-4-5-10/h6,10H,4-5H2,1-3H3. The molecule has 4 heteroatoms. The second kappa shape index (κ2) is 5.71. The Hall–Kier alpha value is -0.900. The molecule has 0 aliphatic rings. The highest BCUT2D eigenvalue weighted by Gasteiger charge is 2.15. The molecule has 12 heavy (non-hydrogen) atoms. The van der Waals surface area contributed by atoms with Crippen molar-refractivity contribution in [3.63, 3.8) is 0 Å². The van der Waals surface area contributed by atoms with E-state index in [-0.39, 0.29) is 18.5 Å². The Morgan fingerprint density at radius 1 is 1.67 bits per heavy atom. The van der Waals surface area contributed by atoms with Gasteiger partial charge in [-0.3, -0.25) is 9.79 Å². The molecule has 1 N–H and O–H groups in total. The number of ether oxygens (including phenoxy) is 1. The van der Waals surface area contributed by atoms with Crippen molar-refractivity contribution in [1.82, 2.24) is 0 Å². The molecule has 1 unspecified atom stereocenters. The minimum atomic E-state index is -0.318. The van der Waals surface area contributed by atoms with Gasteiger partial charge >= 0.3 is 5.97 Å². The summed E-state index contributed by atoms with van der Waals surface area (Å²) >= 11 is 0. The van der Waals surface area contributed by atoms with Crippen LogP contribution in [0.3, 0.4) is 0 Å². The van der Waals surface area contributed by atoms with Gasteiger partial charge < -0.3 is 9.84 Å². The SMILES string of the molecule is COC(=O)C(C)C(C)=NCCO. The molecule has 0 fully saturated rings. The van der Waals surface area contributed by atoms with Gasteiger partial charge in [0.15, 0.2) is 0 Å². The molecule has 0 aromatic rings. The number of carbonyl (C=O) groups excluding carboxylic acids is 1. The van der Waals surface area contributed by atoms with Crippen LogP contribution >= 0.6 is 0 Å². The molecule has 0 saturated heterocycles. The fraction of sp³-hybridized carbons (Fsp3) is 0.750. The van der Waals surface area contributed by atoms with Crippen molar-refractivity contribution in [2.24, 2.45) is 10.9 Å². The van der Waals surface area contributed by atoms with E-state index >= 15 is 0 Å². The summed E-state index contributed by atoms with van der Waals surface area (Å²) in [4.78, 5) is 14.9. The third kappa shape index (κ3) is 3.48. The average Bonchev–Trinajstić information content (AvgIpc) is 2.11. The van der Waals surface area contributed by atoms with Crippen LogP contribution < -0.4 is 0 Å². The lowest BCUT2D eigenvalue weighted by atomic mass is 10.1. The van der Waals surface area contributed by atoms with Gasteiger partial charge in [-0.15, -0.1) is 0 Å². The molecule has 0 radical (unpaired) electrons. The Kier molecular flexibility index (Phi) is 5.28. The highest BCUT2D eigenvalue weighted by atomic mass is 16.5. The van der Waals surface area contributed by atoms with E-state index in [1.165, 1.54) is 7.11 Å². The zero-order valence-corrected chi connectivity index (χ0v) is 7.70. The summed E-state index contributed by atoms with van der Waals surface area (Å²) in [5.74, 6) is -0.615. The summed E-state index contributed by atoms with van der Waals surface area (Å²) in [5.41, 5.74) is 0.691. The number of hydrogen-bond donors (Lipinski definition) is 1. The van der Waals surface area contributed by atoms with E-state index in [0.29, 0.717) is 12.3 Å². The molecule has 0 amide bonds. The third-order valence-corrected chi connectivity index (χ3v) is 1.64. The van der Waals surface area contributed by atoms with Crippen molar-refractivity contribution < 1.29 is 14.6 Å². The average molecular weight is 173 g/mol. The van der Waals surface area contributed by atoms with Gasteiger partial charge in [0, 0.05) is 5.71 Å². The fourth-order valence-electron chi connectivity index (χ4n) is 0.711. The van der Waals surface area contributed by atoms with Crippen LogP contribution in [0.5, 0.6) is 0 Å². The molecule has 0 aromatic heterocycles. The molecule has 1 atom stereocenters. The Labute approximate surface area is 72.3 Å². The van der Waals surface area contributed by atoms with Crippen molar-refractivity contribution >= 4 is 11.7 Å². The van der Waals surface area contributed by atoms with E-state index in [1.54, 1.807) is 13.8 Å². The van der Waals surface area contributed by atoms with Gasteiger partial charge in [-0.25, -0.2) is 0 Å². The summed E-state index contributed by atoms with van der Waals surface area (Å²) in [7, 11) is 1.35. The number of nitrogens with zero attached hydrogens (tertiary/aromatic N) is 1. The minimum absolute atomic E-state index is 0.00519. The lowest BCUT2D eigenvalue weighted by Gasteiger charge is -2.07. The van der Waals surface area contributed by atoms with Gasteiger partial charge in [0.2, 0.25) is 0 Å². The molecule has 0 aliphatic carbocycles. The normalized spacial score (nSPS) is 14.2. The molecule has 0 bridgehead atoms. The summed E-state index contributed by atoms with van der Waals surface area (Å²) in [6.45, 7) is 3.82. The van der Waals surface area contributed by atoms with Gasteiger partial charge in [0.05, 0.1) is 26.2 Å². The van der Waals surface area contributed by atoms with E-state index < -0.39 is 0 Å².